The van der Waals surface area contributed by atoms with E-state index >= 15 is 0 Å². The topological polar surface area (TPSA) is 29.5 Å². The summed E-state index contributed by atoms with van der Waals surface area (Å²) < 4.78 is 40.7. The van der Waals surface area contributed by atoms with Gasteiger partial charge in [-0.15, -0.1) is 13.2 Å². The normalized spacial score (nSPS) is 11.7. The molecule has 0 saturated heterocycles. The van der Waals surface area contributed by atoms with Gasteiger partial charge in [-0.05, 0) is 30.5 Å². The van der Waals surface area contributed by atoms with Crippen molar-refractivity contribution in [3.05, 3.63) is 29.3 Å². The Morgan fingerprint density at radius 1 is 0.957 bits per heavy atom. The Hall–Kier alpha value is -1.23. The molecule has 0 bridgehead atoms. The maximum absolute atomic E-state index is 12.3. The zero-order valence-electron chi connectivity index (χ0n) is 13.8. The first-order chi connectivity index (χ1) is 11.0. The molecule has 132 valence electrons. The summed E-state index contributed by atoms with van der Waals surface area (Å²) in [7, 11) is 0. The van der Waals surface area contributed by atoms with Crippen LogP contribution in [0.5, 0.6) is 5.75 Å². The Bertz CT molecular complexity index is 444. The van der Waals surface area contributed by atoms with Gasteiger partial charge in [-0.2, -0.15) is 0 Å². The van der Waals surface area contributed by atoms with Crippen LogP contribution in [0.15, 0.2) is 18.2 Å². The van der Waals surface area contributed by atoms with E-state index in [1.54, 1.807) is 12.1 Å². The number of rotatable bonds is 11. The largest absolute Gasteiger partial charge is 0.573 e. The first-order valence-electron chi connectivity index (χ1n) is 8.44. The van der Waals surface area contributed by atoms with Crippen LogP contribution < -0.4 is 4.74 Å². The van der Waals surface area contributed by atoms with Crippen molar-refractivity contribution in [3.8, 4) is 5.75 Å². The highest BCUT2D eigenvalue weighted by molar-refractivity contribution is 5.37. The number of halogens is 3. The molecule has 5 heteroatoms. The summed E-state index contributed by atoms with van der Waals surface area (Å²) in [4.78, 5) is 0. The molecule has 0 aromatic heterocycles. The lowest BCUT2D eigenvalue weighted by atomic mass is 10.0. The number of aryl methyl sites for hydroxylation is 1. The molecule has 0 spiro atoms. The van der Waals surface area contributed by atoms with Gasteiger partial charge in [0.2, 0.25) is 0 Å². The van der Waals surface area contributed by atoms with Crippen molar-refractivity contribution in [2.24, 2.45) is 0 Å². The number of hydrogen-bond donors (Lipinski definition) is 1. The van der Waals surface area contributed by atoms with Gasteiger partial charge in [0.05, 0.1) is 6.61 Å². The van der Waals surface area contributed by atoms with Crippen LogP contribution in [-0.4, -0.2) is 11.5 Å². The number of hydrogen-bond acceptors (Lipinski definition) is 2. The lowest BCUT2D eigenvalue weighted by Crippen LogP contribution is -2.18. The standard InChI is InChI=1S/C18H27F3O2/c1-2-3-4-5-6-7-8-9-10-15-11-12-17(16(13-15)14-22)23-18(19,20)21/h11-13,22H,2-10,14H2,1H3. The smallest absolute Gasteiger partial charge is 0.405 e. The van der Waals surface area contributed by atoms with E-state index in [-0.39, 0.29) is 11.3 Å². The molecule has 0 aliphatic carbocycles. The molecule has 0 heterocycles. The van der Waals surface area contributed by atoms with Gasteiger partial charge in [-0.25, -0.2) is 0 Å². The number of aliphatic hydroxyl groups is 1. The first kappa shape index (κ1) is 19.8. The average molecular weight is 332 g/mol. The van der Waals surface area contributed by atoms with Gasteiger partial charge in [0.15, 0.2) is 0 Å². The van der Waals surface area contributed by atoms with Gasteiger partial charge in [0, 0.05) is 5.56 Å². The molecule has 1 rings (SSSR count). The number of ether oxygens (including phenoxy) is 1. The van der Waals surface area contributed by atoms with Crippen molar-refractivity contribution in [2.75, 3.05) is 0 Å². The first-order valence-corrected chi connectivity index (χ1v) is 8.44. The van der Waals surface area contributed by atoms with Gasteiger partial charge in [-0.3, -0.25) is 0 Å². The van der Waals surface area contributed by atoms with Gasteiger partial charge >= 0.3 is 6.36 Å². The van der Waals surface area contributed by atoms with E-state index in [0.717, 1.165) is 24.8 Å². The maximum Gasteiger partial charge on any atom is 0.573 e. The van der Waals surface area contributed by atoms with Crippen LogP contribution in [-0.2, 0) is 13.0 Å². The van der Waals surface area contributed by atoms with Crippen LogP contribution in [0, 0.1) is 0 Å². The lowest BCUT2D eigenvalue weighted by Gasteiger charge is -2.13. The van der Waals surface area contributed by atoms with Crippen LogP contribution >= 0.6 is 0 Å². The third-order valence-corrected chi connectivity index (χ3v) is 3.84. The van der Waals surface area contributed by atoms with Crippen LogP contribution in [0.2, 0.25) is 0 Å². The number of benzene rings is 1. The van der Waals surface area contributed by atoms with E-state index in [0.29, 0.717) is 0 Å². The van der Waals surface area contributed by atoms with Crippen molar-refractivity contribution >= 4 is 0 Å². The van der Waals surface area contributed by atoms with E-state index < -0.39 is 13.0 Å². The molecule has 0 unspecified atom stereocenters. The molecule has 0 fully saturated rings. The summed E-state index contributed by atoms with van der Waals surface area (Å²) >= 11 is 0. The predicted molar refractivity (Wildman–Crippen MR) is 85.4 cm³/mol. The molecule has 1 N–H and O–H groups in total. The molecule has 0 aliphatic heterocycles. The fraction of sp³-hybridized carbons (Fsp3) is 0.667. The molecular weight excluding hydrogens is 305 g/mol. The Morgan fingerprint density at radius 2 is 1.57 bits per heavy atom. The van der Waals surface area contributed by atoms with E-state index in [9.17, 15) is 18.3 Å². The zero-order chi connectivity index (χ0) is 17.1. The number of aliphatic hydroxyl groups excluding tert-OH is 1. The van der Waals surface area contributed by atoms with Crippen LogP contribution in [0.1, 0.15) is 69.4 Å². The Labute approximate surface area is 136 Å². The van der Waals surface area contributed by atoms with Crippen molar-refractivity contribution in [1.82, 2.24) is 0 Å². The quantitative estimate of drug-likeness (QED) is 0.522. The monoisotopic (exact) mass is 332 g/mol. The SMILES string of the molecule is CCCCCCCCCCc1ccc(OC(F)(F)F)c(CO)c1. The number of unbranched alkanes of at least 4 members (excludes halogenated alkanes) is 7. The minimum atomic E-state index is -4.73. The molecular formula is C18H27F3O2. The fourth-order valence-electron chi connectivity index (χ4n) is 2.60. The van der Waals surface area contributed by atoms with E-state index in [1.807, 2.05) is 0 Å². The summed E-state index contributed by atoms with van der Waals surface area (Å²) in [5.41, 5.74) is 1.12. The molecule has 0 radical (unpaired) electrons. The van der Waals surface area contributed by atoms with Gasteiger partial charge in [-0.1, -0.05) is 57.9 Å². The van der Waals surface area contributed by atoms with Gasteiger partial charge < -0.3 is 9.84 Å². The molecule has 1 aromatic carbocycles. The fourth-order valence-corrected chi connectivity index (χ4v) is 2.60. The summed E-state index contributed by atoms with van der Waals surface area (Å²) in [5.74, 6) is -0.320. The van der Waals surface area contributed by atoms with Crippen LogP contribution in [0.4, 0.5) is 13.2 Å². The summed E-state index contributed by atoms with van der Waals surface area (Å²) in [5, 5.41) is 9.20. The van der Waals surface area contributed by atoms with Crippen LogP contribution in [0.3, 0.4) is 0 Å². The van der Waals surface area contributed by atoms with Gasteiger partial charge in [0.25, 0.3) is 0 Å². The number of alkyl halides is 3. The third kappa shape index (κ3) is 8.84. The average Bonchev–Trinajstić information content (AvgIpc) is 2.49. The third-order valence-electron chi connectivity index (χ3n) is 3.84. The van der Waals surface area contributed by atoms with Crippen molar-refractivity contribution < 1.29 is 23.0 Å². The molecule has 0 atom stereocenters. The van der Waals surface area contributed by atoms with Crippen molar-refractivity contribution in [3.63, 3.8) is 0 Å². The highest BCUT2D eigenvalue weighted by Gasteiger charge is 2.32. The summed E-state index contributed by atoms with van der Waals surface area (Å²) in [6.07, 6.45) is 5.81. The summed E-state index contributed by atoms with van der Waals surface area (Å²) in [6, 6.07) is 4.53. The molecule has 23 heavy (non-hydrogen) atoms. The highest BCUT2D eigenvalue weighted by Crippen LogP contribution is 2.27. The minimum Gasteiger partial charge on any atom is -0.405 e. The van der Waals surface area contributed by atoms with Gasteiger partial charge in [0.1, 0.15) is 5.75 Å². The second-order valence-corrected chi connectivity index (χ2v) is 5.87. The molecule has 0 saturated carbocycles. The molecule has 0 aliphatic rings. The predicted octanol–water partition coefficient (Wildman–Crippen LogP) is 5.76. The van der Waals surface area contributed by atoms with Crippen molar-refractivity contribution in [2.45, 2.75) is 77.7 Å². The highest BCUT2D eigenvalue weighted by atomic mass is 19.4. The Kier molecular flexibility index (Phi) is 9.07. The van der Waals surface area contributed by atoms with E-state index in [4.69, 9.17) is 0 Å². The second-order valence-electron chi connectivity index (χ2n) is 5.87. The Balaban J connectivity index is 2.35. The minimum absolute atomic E-state index is 0.180. The van der Waals surface area contributed by atoms with E-state index in [2.05, 4.69) is 11.7 Å². The Morgan fingerprint density at radius 3 is 2.13 bits per heavy atom. The zero-order valence-corrected chi connectivity index (χ0v) is 13.8. The van der Waals surface area contributed by atoms with E-state index in [1.165, 1.54) is 44.6 Å². The molecule has 0 amide bonds. The van der Waals surface area contributed by atoms with Crippen molar-refractivity contribution in [1.29, 1.82) is 0 Å². The molecule has 1 aromatic rings. The lowest BCUT2D eigenvalue weighted by molar-refractivity contribution is -0.275. The maximum atomic E-state index is 12.3. The molecule has 2 nitrogen and oxygen atoms in total. The summed E-state index contributed by atoms with van der Waals surface area (Å²) in [6.45, 7) is 1.74. The van der Waals surface area contributed by atoms with Crippen LogP contribution in [0.25, 0.3) is 0 Å². The second kappa shape index (κ2) is 10.5.